The van der Waals surface area contributed by atoms with Gasteiger partial charge < -0.3 is 9.80 Å². The zero-order chi connectivity index (χ0) is 21.4. The summed E-state index contributed by atoms with van der Waals surface area (Å²) in [4.78, 5) is 11.3. The average molecular weight is 422 g/mol. The molecule has 0 N–H and O–H groups in total. The van der Waals surface area contributed by atoms with Crippen LogP contribution in [0.5, 0.6) is 0 Å². The quantitative estimate of drug-likeness (QED) is 0.764. The molecule has 160 valence electrons. The fourth-order valence-electron chi connectivity index (χ4n) is 4.23. The number of benzene rings is 2. The molecule has 0 amide bonds. The van der Waals surface area contributed by atoms with E-state index in [1.807, 2.05) is 4.90 Å². The molecule has 0 spiro atoms. The van der Waals surface area contributed by atoms with Crippen molar-refractivity contribution in [2.24, 2.45) is 15.2 Å². The van der Waals surface area contributed by atoms with Crippen LogP contribution in [0.3, 0.4) is 0 Å². The van der Waals surface area contributed by atoms with Crippen LogP contribution in [-0.2, 0) is 0 Å². The van der Waals surface area contributed by atoms with Gasteiger partial charge in [-0.15, -0.1) is 5.10 Å². The minimum absolute atomic E-state index is 0.255. The molecule has 0 atom stereocenters. The third-order valence-electron chi connectivity index (χ3n) is 5.97. The van der Waals surface area contributed by atoms with E-state index in [9.17, 15) is 8.78 Å². The molecule has 0 radical (unpaired) electrons. The number of hydrogen-bond acceptors (Lipinski definition) is 6. The van der Waals surface area contributed by atoms with Crippen LogP contribution in [0, 0.1) is 11.6 Å². The van der Waals surface area contributed by atoms with Crippen LogP contribution >= 0.6 is 0 Å². The Labute approximate surface area is 180 Å². The third kappa shape index (κ3) is 4.00. The smallest absolute Gasteiger partial charge is 0.154 e. The zero-order valence-electron chi connectivity index (χ0n) is 17.4. The van der Waals surface area contributed by atoms with Crippen LogP contribution in [0.1, 0.15) is 11.1 Å². The lowest BCUT2D eigenvalue weighted by molar-refractivity contribution is 0.170. The van der Waals surface area contributed by atoms with Crippen molar-refractivity contribution in [1.29, 1.82) is 0 Å². The Kier molecular flexibility index (Phi) is 5.33. The van der Waals surface area contributed by atoms with E-state index in [1.54, 1.807) is 24.3 Å². The Morgan fingerprint density at radius 3 is 2.55 bits per heavy atom. The van der Waals surface area contributed by atoms with Crippen molar-refractivity contribution in [3.63, 3.8) is 0 Å². The Hall–Kier alpha value is -2.97. The molecule has 1 saturated heterocycles. The highest BCUT2D eigenvalue weighted by Crippen LogP contribution is 2.30. The number of piperazine rings is 1. The molecule has 8 heteroatoms. The van der Waals surface area contributed by atoms with Crippen molar-refractivity contribution < 1.29 is 8.78 Å². The SMILES string of the molecule is CN1CCN(CC2=NN=C3CN=C(c4ccccc4F)c4cc(F)ccc4N3C2)CC1. The zero-order valence-corrected chi connectivity index (χ0v) is 17.4. The number of likely N-dealkylation sites (N-methyl/N-ethyl adjacent to an activating group) is 1. The number of hydrogen-bond donors (Lipinski definition) is 0. The van der Waals surface area contributed by atoms with Gasteiger partial charge >= 0.3 is 0 Å². The lowest BCUT2D eigenvalue weighted by Gasteiger charge is -2.34. The largest absolute Gasteiger partial charge is 0.320 e. The Balaban J connectivity index is 1.48. The number of amidine groups is 1. The first-order valence-electron chi connectivity index (χ1n) is 10.5. The topological polar surface area (TPSA) is 46.8 Å². The fourth-order valence-corrected chi connectivity index (χ4v) is 4.23. The fraction of sp³-hybridized carbons (Fsp3) is 0.348. The second-order valence-electron chi connectivity index (χ2n) is 8.15. The van der Waals surface area contributed by atoms with Crippen molar-refractivity contribution in [2.45, 2.75) is 0 Å². The average Bonchev–Trinajstić information content (AvgIpc) is 2.92. The van der Waals surface area contributed by atoms with Gasteiger partial charge in [0.15, 0.2) is 5.84 Å². The van der Waals surface area contributed by atoms with E-state index >= 15 is 0 Å². The summed E-state index contributed by atoms with van der Waals surface area (Å²) in [6.07, 6.45) is 0. The second-order valence-corrected chi connectivity index (χ2v) is 8.15. The molecular formula is C23H24F2N6. The van der Waals surface area contributed by atoms with Gasteiger partial charge in [0.2, 0.25) is 0 Å². The number of anilines is 1. The van der Waals surface area contributed by atoms with Crippen LogP contribution in [0.25, 0.3) is 0 Å². The summed E-state index contributed by atoms with van der Waals surface area (Å²) in [6, 6.07) is 11.0. The summed E-state index contributed by atoms with van der Waals surface area (Å²) < 4.78 is 28.8. The van der Waals surface area contributed by atoms with Crippen molar-refractivity contribution in [3.05, 3.63) is 65.2 Å². The molecule has 2 aromatic carbocycles. The summed E-state index contributed by atoms with van der Waals surface area (Å²) in [7, 11) is 2.13. The maximum atomic E-state index is 14.6. The number of halogens is 2. The minimum Gasteiger partial charge on any atom is -0.320 e. The Morgan fingerprint density at radius 1 is 0.935 bits per heavy atom. The van der Waals surface area contributed by atoms with Gasteiger partial charge in [-0.3, -0.25) is 9.89 Å². The molecule has 0 bridgehead atoms. The van der Waals surface area contributed by atoms with Crippen molar-refractivity contribution >= 4 is 22.9 Å². The van der Waals surface area contributed by atoms with Gasteiger partial charge in [0.25, 0.3) is 0 Å². The molecular weight excluding hydrogens is 398 g/mol. The van der Waals surface area contributed by atoms with Gasteiger partial charge in [-0.2, -0.15) is 5.10 Å². The first-order valence-corrected chi connectivity index (χ1v) is 10.5. The van der Waals surface area contributed by atoms with Crippen molar-refractivity contribution in [3.8, 4) is 0 Å². The predicted octanol–water partition coefficient (Wildman–Crippen LogP) is 2.64. The van der Waals surface area contributed by atoms with E-state index in [1.165, 1.54) is 18.2 Å². The standard InChI is InChI=1S/C23H24F2N6/c1-29-8-10-30(11-9-29)14-17-15-31-21-7-6-16(24)12-19(21)23(26-13-22(31)28-27-17)18-4-2-3-5-20(18)25/h2-7,12H,8-11,13-15H2,1H3. The van der Waals surface area contributed by atoms with E-state index in [4.69, 9.17) is 0 Å². The maximum Gasteiger partial charge on any atom is 0.154 e. The molecule has 0 saturated carbocycles. The number of rotatable bonds is 3. The normalized spacial score (nSPS) is 19.7. The molecule has 6 nitrogen and oxygen atoms in total. The third-order valence-corrected chi connectivity index (χ3v) is 5.97. The first-order chi connectivity index (χ1) is 15.1. The summed E-state index contributed by atoms with van der Waals surface area (Å²) in [5.41, 5.74) is 3.08. The van der Waals surface area contributed by atoms with Crippen LogP contribution in [0.2, 0.25) is 0 Å². The van der Waals surface area contributed by atoms with Gasteiger partial charge in [0.1, 0.15) is 11.6 Å². The highest BCUT2D eigenvalue weighted by molar-refractivity contribution is 6.21. The van der Waals surface area contributed by atoms with Crippen LogP contribution in [0.15, 0.2) is 57.7 Å². The summed E-state index contributed by atoms with van der Waals surface area (Å²) in [5.74, 6) is -0.0851. The first kappa shape index (κ1) is 20.0. The van der Waals surface area contributed by atoms with Gasteiger partial charge in [0, 0.05) is 43.9 Å². The molecule has 31 heavy (non-hydrogen) atoms. The molecule has 3 aliphatic rings. The van der Waals surface area contributed by atoms with Gasteiger partial charge in [-0.05, 0) is 37.4 Å². The Bertz CT molecular complexity index is 1090. The lowest BCUT2D eigenvalue weighted by atomic mass is 9.99. The second kappa shape index (κ2) is 8.28. The van der Waals surface area contributed by atoms with E-state index in [0.717, 1.165) is 44.1 Å². The minimum atomic E-state index is -0.384. The van der Waals surface area contributed by atoms with Crippen LogP contribution in [-0.4, -0.2) is 79.9 Å². The van der Waals surface area contributed by atoms with E-state index in [0.29, 0.717) is 29.2 Å². The predicted molar refractivity (Wildman–Crippen MR) is 119 cm³/mol. The van der Waals surface area contributed by atoms with Gasteiger partial charge in [-0.1, -0.05) is 12.1 Å². The number of aliphatic imine (C=N–C) groups is 1. The molecule has 3 heterocycles. The maximum absolute atomic E-state index is 14.6. The highest BCUT2D eigenvalue weighted by Gasteiger charge is 2.29. The molecule has 1 fully saturated rings. The summed E-state index contributed by atoms with van der Waals surface area (Å²) in [6.45, 7) is 5.62. The number of nitrogens with zero attached hydrogens (tertiary/aromatic N) is 6. The molecule has 0 aromatic heterocycles. The van der Waals surface area contributed by atoms with Crippen LogP contribution in [0.4, 0.5) is 14.5 Å². The van der Waals surface area contributed by atoms with Crippen molar-refractivity contribution in [1.82, 2.24) is 9.80 Å². The molecule has 0 unspecified atom stereocenters. The molecule has 2 aromatic rings. The van der Waals surface area contributed by atoms with Crippen LogP contribution < -0.4 is 4.90 Å². The molecule has 0 aliphatic carbocycles. The number of fused-ring (bicyclic) bond motifs is 3. The van der Waals surface area contributed by atoms with Gasteiger partial charge in [0.05, 0.1) is 30.2 Å². The van der Waals surface area contributed by atoms with E-state index in [2.05, 4.69) is 32.0 Å². The van der Waals surface area contributed by atoms with E-state index in [-0.39, 0.29) is 18.2 Å². The lowest BCUT2D eigenvalue weighted by Crippen LogP contribution is -2.49. The molecule has 5 rings (SSSR count). The summed E-state index contributed by atoms with van der Waals surface area (Å²) >= 11 is 0. The van der Waals surface area contributed by atoms with E-state index < -0.39 is 0 Å². The van der Waals surface area contributed by atoms with Crippen molar-refractivity contribution in [2.75, 3.05) is 57.8 Å². The molecule has 3 aliphatic heterocycles. The highest BCUT2D eigenvalue weighted by atomic mass is 19.1. The monoisotopic (exact) mass is 422 g/mol. The van der Waals surface area contributed by atoms with Gasteiger partial charge in [-0.25, -0.2) is 8.78 Å². The summed E-state index contributed by atoms with van der Waals surface area (Å²) in [5, 5.41) is 8.91. The Morgan fingerprint density at radius 2 is 1.74 bits per heavy atom.